The molecule has 1 unspecified atom stereocenters. The highest BCUT2D eigenvalue weighted by molar-refractivity contribution is 6.08. The molecule has 0 heterocycles. The van der Waals surface area contributed by atoms with Crippen molar-refractivity contribution >= 4 is 13.8 Å². The maximum Gasteiger partial charge on any atom is 0.323 e. The van der Waals surface area contributed by atoms with E-state index in [0.29, 0.717) is 24.1 Å². The van der Waals surface area contributed by atoms with Gasteiger partial charge in [0.05, 0.1) is 0 Å². The predicted molar refractivity (Wildman–Crippen MR) is 117 cm³/mol. The molecule has 1 aliphatic rings. The molecule has 154 valence electrons. The molecule has 4 N–H and O–H groups in total. The van der Waals surface area contributed by atoms with Gasteiger partial charge in [-0.05, 0) is 30.7 Å². The van der Waals surface area contributed by atoms with Gasteiger partial charge < -0.3 is 16.2 Å². The van der Waals surface area contributed by atoms with Gasteiger partial charge in [0.1, 0.15) is 19.2 Å². The number of rotatable bonds is 10. The van der Waals surface area contributed by atoms with Gasteiger partial charge >= 0.3 is 5.97 Å². The van der Waals surface area contributed by atoms with Crippen LogP contribution >= 0.6 is 0 Å². The summed E-state index contributed by atoms with van der Waals surface area (Å²) in [6.07, 6.45) is 4.83. The minimum Gasteiger partial charge on any atom is -0.480 e. The molecule has 6 heteroatoms. The Balaban J connectivity index is 1.57. The Bertz CT molecular complexity index is 827. The van der Waals surface area contributed by atoms with Crippen LogP contribution < -0.4 is 11.1 Å². The molecule has 2 aromatic carbocycles. The maximum absolute atomic E-state index is 14.9. The zero-order valence-corrected chi connectivity index (χ0v) is 17.0. The molecule has 2 aromatic rings. The van der Waals surface area contributed by atoms with Crippen LogP contribution in [-0.2, 0) is 11.3 Å². The highest BCUT2D eigenvalue weighted by atomic mass is 19.1. The first-order valence-electron chi connectivity index (χ1n) is 10.5. The van der Waals surface area contributed by atoms with E-state index in [0.717, 1.165) is 37.6 Å². The maximum atomic E-state index is 14.9. The summed E-state index contributed by atoms with van der Waals surface area (Å²) in [7, 11) is 2.09. The first-order valence-corrected chi connectivity index (χ1v) is 10.5. The smallest absolute Gasteiger partial charge is 0.323 e. The van der Waals surface area contributed by atoms with E-state index in [-0.39, 0.29) is 17.8 Å². The summed E-state index contributed by atoms with van der Waals surface area (Å²) in [6, 6.07) is 15.1. The van der Waals surface area contributed by atoms with E-state index in [2.05, 4.69) is 13.2 Å². The average Bonchev–Trinajstić information content (AvgIpc) is 2.68. The number of halogens is 1. The molecular weight excluding hydrogens is 366 g/mol. The summed E-state index contributed by atoms with van der Waals surface area (Å²) in [4.78, 5) is 11.8. The molecule has 0 spiro atoms. The van der Waals surface area contributed by atoms with E-state index in [4.69, 9.17) is 5.73 Å². The van der Waals surface area contributed by atoms with E-state index in [1.165, 1.54) is 0 Å². The molecule has 1 fully saturated rings. The molecular formula is C23H30BFN2O2. The van der Waals surface area contributed by atoms with E-state index in [9.17, 15) is 14.3 Å². The highest BCUT2D eigenvalue weighted by Crippen LogP contribution is 2.38. The molecule has 0 radical (unpaired) electrons. The number of carbonyl (C=O) groups is 1. The van der Waals surface area contributed by atoms with E-state index >= 15 is 0 Å². The van der Waals surface area contributed by atoms with Crippen LogP contribution in [0.5, 0.6) is 0 Å². The van der Waals surface area contributed by atoms with Crippen molar-refractivity contribution in [1.29, 1.82) is 0 Å². The fourth-order valence-electron chi connectivity index (χ4n) is 4.17. The number of benzene rings is 2. The van der Waals surface area contributed by atoms with Gasteiger partial charge in [0.15, 0.2) is 0 Å². The second kappa shape index (κ2) is 9.55. The van der Waals surface area contributed by atoms with Crippen molar-refractivity contribution in [3.8, 4) is 11.1 Å². The summed E-state index contributed by atoms with van der Waals surface area (Å²) in [6.45, 7) is 0.421. The second-order valence-electron chi connectivity index (χ2n) is 8.19. The molecule has 0 aliphatic heterocycles. The Labute approximate surface area is 173 Å². The summed E-state index contributed by atoms with van der Waals surface area (Å²) in [5.74, 6) is -1.14. The molecule has 0 amide bonds. The number of hydrogen-bond acceptors (Lipinski definition) is 3. The quantitative estimate of drug-likeness (QED) is 0.425. The minimum absolute atomic E-state index is 0.0325. The van der Waals surface area contributed by atoms with Crippen LogP contribution in [0, 0.1) is 11.7 Å². The lowest BCUT2D eigenvalue weighted by Crippen LogP contribution is -2.61. The molecule has 1 aliphatic carbocycles. The average molecular weight is 396 g/mol. The summed E-state index contributed by atoms with van der Waals surface area (Å²) in [5, 5.41) is 13.0. The fraction of sp³-hybridized carbons (Fsp3) is 0.435. The highest BCUT2D eigenvalue weighted by Gasteiger charge is 2.47. The minimum atomic E-state index is -1.15. The zero-order valence-electron chi connectivity index (χ0n) is 17.0. The molecule has 0 aromatic heterocycles. The lowest BCUT2D eigenvalue weighted by Gasteiger charge is -2.45. The van der Waals surface area contributed by atoms with Crippen molar-refractivity contribution in [2.75, 3.05) is 0 Å². The van der Waals surface area contributed by atoms with E-state index in [1.807, 2.05) is 36.4 Å². The Morgan fingerprint density at radius 2 is 1.90 bits per heavy atom. The Morgan fingerprint density at radius 3 is 2.55 bits per heavy atom. The Hall–Kier alpha value is -2.18. The van der Waals surface area contributed by atoms with Crippen LogP contribution in [0.15, 0.2) is 48.5 Å². The zero-order chi connectivity index (χ0) is 20.9. The number of hydrogen-bond donors (Lipinski definition) is 3. The van der Waals surface area contributed by atoms with Crippen molar-refractivity contribution in [3.63, 3.8) is 0 Å². The molecule has 0 bridgehead atoms. The second-order valence-corrected chi connectivity index (χ2v) is 8.19. The number of carboxylic acids is 1. The Morgan fingerprint density at radius 1 is 1.17 bits per heavy atom. The van der Waals surface area contributed by atoms with Gasteiger partial charge in [-0.25, -0.2) is 4.39 Å². The molecule has 1 atom stereocenters. The first-order chi connectivity index (χ1) is 14.0. The van der Waals surface area contributed by atoms with Crippen molar-refractivity contribution in [1.82, 2.24) is 5.32 Å². The lowest BCUT2D eigenvalue weighted by atomic mass is 9.66. The van der Waals surface area contributed by atoms with Gasteiger partial charge in [0.25, 0.3) is 0 Å². The van der Waals surface area contributed by atoms with Gasteiger partial charge in [-0.1, -0.05) is 67.7 Å². The fourth-order valence-corrected chi connectivity index (χ4v) is 4.17. The molecule has 29 heavy (non-hydrogen) atoms. The molecule has 0 saturated heterocycles. The van der Waals surface area contributed by atoms with Gasteiger partial charge in [-0.2, -0.15) is 0 Å². The van der Waals surface area contributed by atoms with Crippen LogP contribution in [0.4, 0.5) is 4.39 Å². The van der Waals surface area contributed by atoms with Crippen molar-refractivity contribution in [3.05, 3.63) is 59.9 Å². The van der Waals surface area contributed by atoms with Crippen molar-refractivity contribution in [2.24, 2.45) is 11.7 Å². The van der Waals surface area contributed by atoms with Gasteiger partial charge in [0, 0.05) is 23.7 Å². The monoisotopic (exact) mass is 396 g/mol. The largest absolute Gasteiger partial charge is 0.480 e. The lowest BCUT2D eigenvalue weighted by molar-refractivity contribution is -0.148. The summed E-state index contributed by atoms with van der Waals surface area (Å²) < 4.78 is 14.9. The van der Waals surface area contributed by atoms with E-state index < -0.39 is 11.5 Å². The van der Waals surface area contributed by atoms with Crippen molar-refractivity contribution < 1.29 is 14.3 Å². The van der Waals surface area contributed by atoms with Crippen LogP contribution in [-0.4, -0.2) is 30.5 Å². The van der Waals surface area contributed by atoms with Gasteiger partial charge in [0.2, 0.25) is 0 Å². The number of carboxylic acid groups (broad SMARTS) is 1. The molecule has 1 saturated carbocycles. The third kappa shape index (κ3) is 4.88. The predicted octanol–water partition coefficient (Wildman–Crippen LogP) is 3.36. The SMILES string of the molecule is BCCCCC(N)(C(=O)O)[C@H]1C[C@@H](NCc2cccc(-c3ccccc3)c2F)C1. The summed E-state index contributed by atoms with van der Waals surface area (Å²) in [5.41, 5.74) is 7.21. The van der Waals surface area contributed by atoms with Gasteiger partial charge in [-0.15, -0.1) is 0 Å². The molecule has 3 rings (SSSR count). The standard InChI is InChI=1S/C23H30BFN2O2/c24-12-5-4-11-23(26,22(28)29)18-13-19(14-18)27-15-17-9-6-10-20(21(17)25)16-7-2-1-3-8-16/h1-3,6-10,18-19,27H,4-5,11-15,24,26H2,(H,28,29)/t18-,19+,23?. The third-order valence-corrected chi connectivity index (χ3v) is 6.20. The molecule has 4 nitrogen and oxygen atoms in total. The first kappa shape index (κ1) is 21.5. The Kier molecular flexibility index (Phi) is 7.09. The normalized spacial score (nSPS) is 20.6. The van der Waals surface area contributed by atoms with Crippen LogP contribution in [0.25, 0.3) is 11.1 Å². The summed E-state index contributed by atoms with van der Waals surface area (Å²) >= 11 is 0. The number of aliphatic carboxylic acids is 1. The topological polar surface area (TPSA) is 75.4 Å². The van der Waals surface area contributed by atoms with Crippen molar-refractivity contribution in [2.45, 2.75) is 56.5 Å². The van der Waals surface area contributed by atoms with Crippen LogP contribution in [0.3, 0.4) is 0 Å². The number of nitrogens with one attached hydrogen (secondary N) is 1. The van der Waals surface area contributed by atoms with E-state index in [1.54, 1.807) is 12.1 Å². The van der Waals surface area contributed by atoms with Crippen LogP contribution in [0.2, 0.25) is 6.32 Å². The van der Waals surface area contributed by atoms with Crippen LogP contribution in [0.1, 0.15) is 37.7 Å². The number of unbranched alkanes of at least 4 members (excludes halogenated alkanes) is 1. The third-order valence-electron chi connectivity index (χ3n) is 6.20. The van der Waals surface area contributed by atoms with Gasteiger partial charge in [-0.3, -0.25) is 4.79 Å². The number of nitrogens with two attached hydrogens (primary N) is 1.